The molecule has 0 spiro atoms. The van der Waals surface area contributed by atoms with Gasteiger partial charge in [0.2, 0.25) is 0 Å². The Morgan fingerprint density at radius 1 is 1.30 bits per heavy atom. The Morgan fingerprint density at radius 2 is 1.95 bits per heavy atom. The minimum atomic E-state index is -1.10. The predicted molar refractivity (Wildman–Crippen MR) is 72.8 cm³/mol. The van der Waals surface area contributed by atoms with Crippen molar-refractivity contribution in [3.8, 4) is 6.07 Å². The van der Waals surface area contributed by atoms with Crippen LogP contribution in [0.3, 0.4) is 0 Å². The average molecular weight is 276 g/mol. The van der Waals surface area contributed by atoms with E-state index in [1.807, 2.05) is 0 Å². The van der Waals surface area contributed by atoms with Crippen molar-refractivity contribution in [1.29, 1.82) is 5.26 Å². The minimum absolute atomic E-state index is 0.127. The summed E-state index contributed by atoms with van der Waals surface area (Å²) >= 11 is 0. The first kappa shape index (κ1) is 14.3. The Balaban J connectivity index is 2.36. The molecule has 0 unspecified atom stereocenters. The van der Waals surface area contributed by atoms with E-state index in [1.165, 1.54) is 12.1 Å². The van der Waals surface area contributed by atoms with Gasteiger partial charge in [0.25, 0.3) is 0 Å². The fourth-order valence-electron chi connectivity index (χ4n) is 2.72. The molecule has 0 radical (unpaired) electrons. The molecular weight excluding hydrogens is 259 g/mol. The van der Waals surface area contributed by atoms with E-state index in [9.17, 15) is 14.3 Å². The third-order valence-corrected chi connectivity index (χ3v) is 3.87. The van der Waals surface area contributed by atoms with Crippen LogP contribution in [-0.2, 0) is 4.79 Å². The summed E-state index contributed by atoms with van der Waals surface area (Å²) < 4.78 is 13.6. The molecule has 1 aromatic carbocycles. The first-order valence-corrected chi connectivity index (χ1v) is 6.79. The highest BCUT2D eigenvalue weighted by molar-refractivity contribution is 5.83. The molecule has 2 rings (SSSR count). The second kappa shape index (κ2) is 5.91. The van der Waals surface area contributed by atoms with Gasteiger partial charge in [-0.25, -0.2) is 9.18 Å². The Kier molecular flexibility index (Phi) is 4.23. The molecule has 5 heteroatoms. The zero-order valence-electron chi connectivity index (χ0n) is 11.2. The fraction of sp³-hybridized carbons (Fsp3) is 0.467. The van der Waals surface area contributed by atoms with E-state index in [-0.39, 0.29) is 11.3 Å². The smallest absolute Gasteiger partial charge is 0.329 e. The van der Waals surface area contributed by atoms with Crippen LogP contribution in [0, 0.1) is 17.1 Å². The van der Waals surface area contributed by atoms with Gasteiger partial charge in [-0.1, -0.05) is 31.7 Å². The van der Waals surface area contributed by atoms with Crippen molar-refractivity contribution in [2.45, 2.75) is 44.1 Å². The maximum Gasteiger partial charge on any atom is 0.329 e. The lowest BCUT2D eigenvalue weighted by atomic mass is 9.89. The molecule has 106 valence electrons. The van der Waals surface area contributed by atoms with Crippen molar-refractivity contribution in [3.05, 3.63) is 29.6 Å². The second-order valence-corrected chi connectivity index (χ2v) is 5.20. The summed E-state index contributed by atoms with van der Waals surface area (Å²) in [5.74, 6) is -1.57. The number of benzene rings is 1. The molecule has 0 bridgehead atoms. The lowest BCUT2D eigenvalue weighted by molar-refractivity contribution is -0.142. The summed E-state index contributed by atoms with van der Waals surface area (Å²) in [6, 6.07) is 6.02. The highest BCUT2D eigenvalue weighted by atomic mass is 19.1. The molecule has 0 heterocycles. The molecule has 1 saturated carbocycles. The SMILES string of the molecule is N#Cc1c(F)cccc1NC1(C(=O)O)CCCCCC1. The molecule has 0 amide bonds. The van der Waals surface area contributed by atoms with Gasteiger partial charge in [0.05, 0.1) is 5.69 Å². The van der Waals surface area contributed by atoms with Crippen LogP contribution in [0.4, 0.5) is 10.1 Å². The number of carboxylic acid groups (broad SMARTS) is 1. The van der Waals surface area contributed by atoms with Crippen LogP contribution >= 0.6 is 0 Å². The highest BCUT2D eigenvalue weighted by Crippen LogP contribution is 2.32. The number of nitrogens with zero attached hydrogens (tertiary/aromatic N) is 1. The highest BCUT2D eigenvalue weighted by Gasteiger charge is 2.39. The number of hydrogen-bond acceptors (Lipinski definition) is 3. The number of aliphatic carboxylic acids is 1. The second-order valence-electron chi connectivity index (χ2n) is 5.20. The number of anilines is 1. The van der Waals surface area contributed by atoms with Gasteiger partial charge in [0, 0.05) is 0 Å². The van der Waals surface area contributed by atoms with E-state index in [1.54, 1.807) is 12.1 Å². The van der Waals surface area contributed by atoms with Crippen LogP contribution in [0.2, 0.25) is 0 Å². The number of nitrogens with one attached hydrogen (secondary N) is 1. The molecule has 0 aromatic heterocycles. The number of carbonyl (C=O) groups is 1. The summed E-state index contributed by atoms with van der Waals surface area (Å²) in [5, 5.41) is 21.5. The van der Waals surface area contributed by atoms with Crippen molar-refractivity contribution >= 4 is 11.7 Å². The molecule has 1 aromatic rings. The number of hydrogen-bond donors (Lipinski definition) is 2. The first-order chi connectivity index (χ1) is 9.59. The Bertz CT molecular complexity index is 543. The van der Waals surface area contributed by atoms with Crippen LogP contribution in [0.1, 0.15) is 44.1 Å². The van der Waals surface area contributed by atoms with E-state index >= 15 is 0 Å². The van der Waals surface area contributed by atoms with Crippen molar-refractivity contribution in [3.63, 3.8) is 0 Å². The molecule has 0 aliphatic heterocycles. The third-order valence-electron chi connectivity index (χ3n) is 3.87. The predicted octanol–water partition coefficient (Wildman–Crippen LogP) is 3.29. The monoisotopic (exact) mass is 276 g/mol. The zero-order chi connectivity index (χ0) is 14.6. The summed E-state index contributed by atoms with van der Waals surface area (Å²) in [6.45, 7) is 0. The van der Waals surface area contributed by atoms with E-state index in [0.717, 1.165) is 25.7 Å². The quantitative estimate of drug-likeness (QED) is 0.831. The lowest BCUT2D eigenvalue weighted by Gasteiger charge is -2.30. The van der Waals surface area contributed by atoms with Crippen LogP contribution in [0.5, 0.6) is 0 Å². The molecule has 2 N–H and O–H groups in total. The number of carboxylic acids is 1. The third kappa shape index (κ3) is 2.74. The average Bonchev–Trinajstić information content (AvgIpc) is 2.66. The lowest BCUT2D eigenvalue weighted by Crippen LogP contribution is -2.46. The molecule has 20 heavy (non-hydrogen) atoms. The number of halogens is 1. The first-order valence-electron chi connectivity index (χ1n) is 6.79. The van der Waals surface area contributed by atoms with Crippen molar-refractivity contribution in [2.75, 3.05) is 5.32 Å². The van der Waals surface area contributed by atoms with Gasteiger partial charge in [0.1, 0.15) is 23.0 Å². The standard InChI is InChI=1S/C15H17FN2O2/c16-12-6-5-7-13(11(12)10-17)18-15(14(19)20)8-3-1-2-4-9-15/h5-7,18H,1-4,8-9H2,(H,19,20). The molecule has 4 nitrogen and oxygen atoms in total. The van der Waals surface area contributed by atoms with Gasteiger partial charge in [-0.15, -0.1) is 0 Å². The number of rotatable bonds is 3. The summed E-state index contributed by atoms with van der Waals surface area (Å²) in [7, 11) is 0. The van der Waals surface area contributed by atoms with Gasteiger partial charge in [-0.3, -0.25) is 0 Å². The van der Waals surface area contributed by atoms with E-state index in [0.29, 0.717) is 12.8 Å². The fourth-order valence-corrected chi connectivity index (χ4v) is 2.72. The Morgan fingerprint density at radius 3 is 2.50 bits per heavy atom. The van der Waals surface area contributed by atoms with Crippen molar-refractivity contribution in [1.82, 2.24) is 0 Å². The molecule has 1 aliphatic carbocycles. The maximum absolute atomic E-state index is 13.6. The van der Waals surface area contributed by atoms with Gasteiger partial charge in [0.15, 0.2) is 0 Å². The topological polar surface area (TPSA) is 73.1 Å². The summed E-state index contributed by atoms with van der Waals surface area (Å²) in [6.07, 6.45) is 4.62. The normalized spacial score (nSPS) is 17.8. The van der Waals surface area contributed by atoms with Crippen molar-refractivity contribution in [2.24, 2.45) is 0 Å². The molecule has 0 saturated heterocycles. The molecule has 1 aliphatic rings. The van der Waals surface area contributed by atoms with E-state index < -0.39 is 17.3 Å². The van der Waals surface area contributed by atoms with Gasteiger partial charge in [-0.05, 0) is 25.0 Å². The maximum atomic E-state index is 13.6. The van der Waals surface area contributed by atoms with Crippen LogP contribution in [0.15, 0.2) is 18.2 Å². The number of nitriles is 1. The van der Waals surface area contributed by atoms with Crippen LogP contribution in [-0.4, -0.2) is 16.6 Å². The van der Waals surface area contributed by atoms with E-state index in [4.69, 9.17) is 5.26 Å². The van der Waals surface area contributed by atoms with Gasteiger partial charge < -0.3 is 10.4 Å². The van der Waals surface area contributed by atoms with Gasteiger partial charge in [-0.2, -0.15) is 5.26 Å². The van der Waals surface area contributed by atoms with Crippen LogP contribution in [0.25, 0.3) is 0 Å². The largest absolute Gasteiger partial charge is 0.480 e. The summed E-state index contributed by atoms with van der Waals surface area (Å²) in [4.78, 5) is 11.7. The van der Waals surface area contributed by atoms with Crippen LogP contribution < -0.4 is 5.32 Å². The minimum Gasteiger partial charge on any atom is -0.480 e. The molecular formula is C15H17FN2O2. The van der Waals surface area contributed by atoms with Gasteiger partial charge >= 0.3 is 5.97 Å². The molecule has 1 fully saturated rings. The zero-order valence-corrected chi connectivity index (χ0v) is 11.2. The Labute approximate surface area is 117 Å². The Hall–Kier alpha value is -2.09. The van der Waals surface area contributed by atoms with Crippen molar-refractivity contribution < 1.29 is 14.3 Å². The van der Waals surface area contributed by atoms with E-state index in [2.05, 4.69) is 5.32 Å². The molecule has 0 atom stereocenters. The summed E-state index contributed by atoms with van der Waals surface area (Å²) in [5.41, 5.74) is -0.968.